The molecule has 0 aliphatic rings. The van der Waals surface area contributed by atoms with Gasteiger partial charge in [-0.15, -0.1) is 10.2 Å². The van der Waals surface area contributed by atoms with Crippen molar-refractivity contribution in [1.82, 2.24) is 19.6 Å². The van der Waals surface area contributed by atoms with E-state index in [0.29, 0.717) is 16.5 Å². The number of hydrogen-bond acceptors (Lipinski definition) is 6. The summed E-state index contributed by atoms with van der Waals surface area (Å²) >= 11 is 1.35. The molecule has 4 heterocycles. The van der Waals surface area contributed by atoms with Crippen LogP contribution in [0, 0.1) is 0 Å². The predicted octanol–water partition coefficient (Wildman–Crippen LogP) is 2.47. The smallest absolute Gasteiger partial charge is 0.260 e. The first-order valence-electron chi connectivity index (χ1n) is 6.16. The highest BCUT2D eigenvalue weighted by molar-refractivity contribution is 7.19. The van der Waals surface area contributed by atoms with Gasteiger partial charge in [-0.25, -0.2) is 4.40 Å². The van der Waals surface area contributed by atoms with Crippen molar-refractivity contribution in [3.63, 3.8) is 0 Å². The first-order chi connectivity index (χ1) is 10.3. The highest BCUT2D eigenvalue weighted by Crippen LogP contribution is 2.26. The average Bonchev–Trinajstić information content (AvgIpc) is 3.17. The molecule has 0 aliphatic carbocycles. The second-order valence-electron chi connectivity index (χ2n) is 4.30. The fraction of sp³-hybridized carbons (Fsp3) is 0. The SMILES string of the molecule is O=c1cc(-c2ccco2)sc2nnc(-c3ccncc3)n12. The van der Waals surface area contributed by atoms with Crippen LogP contribution in [-0.4, -0.2) is 19.6 Å². The van der Waals surface area contributed by atoms with E-state index in [9.17, 15) is 4.79 Å². The molecule has 0 saturated heterocycles. The molecule has 0 saturated carbocycles. The molecule has 0 unspecified atom stereocenters. The van der Waals surface area contributed by atoms with Gasteiger partial charge in [0.15, 0.2) is 5.82 Å². The Bertz CT molecular complexity index is 958. The Hall–Kier alpha value is -2.80. The third-order valence-electron chi connectivity index (χ3n) is 3.01. The highest BCUT2D eigenvalue weighted by atomic mass is 32.1. The summed E-state index contributed by atoms with van der Waals surface area (Å²) in [6.07, 6.45) is 4.88. The van der Waals surface area contributed by atoms with Crippen LogP contribution in [0.3, 0.4) is 0 Å². The summed E-state index contributed by atoms with van der Waals surface area (Å²) in [5, 5.41) is 8.21. The van der Waals surface area contributed by atoms with Gasteiger partial charge in [-0.05, 0) is 24.3 Å². The number of aromatic nitrogens is 4. The van der Waals surface area contributed by atoms with Gasteiger partial charge in [0.2, 0.25) is 4.96 Å². The van der Waals surface area contributed by atoms with E-state index in [2.05, 4.69) is 15.2 Å². The maximum absolute atomic E-state index is 12.4. The van der Waals surface area contributed by atoms with Gasteiger partial charge in [0.1, 0.15) is 5.76 Å². The van der Waals surface area contributed by atoms with Crippen LogP contribution >= 0.6 is 11.3 Å². The monoisotopic (exact) mass is 296 g/mol. The molecular formula is C14H8N4O2S. The molecule has 102 valence electrons. The minimum Gasteiger partial charge on any atom is -0.464 e. The van der Waals surface area contributed by atoms with Crippen LogP contribution in [0.5, 0.6) is 0 Å². The largest absolute Gasteiger partial charge is 0.464 e. The van der Waals surface area contributed by atoms with Gasteiger partial charge < -0.3 is 4.42 Å². The lowest BCUT2D eigenvalue weighted by Crippen LogP contribution is -2.11. The van der Waals surface area contributed by atoms with E-state index in [1.165, 1.54) is 21.8 Å². The summed E-state index contributed by atoms with van der Waals surface area (Å²) in [4.78, 5) is 17.6. The molecule has 21 heavy (non-hydrogen) atoms. The first-order valence-corrected chi connectivity index (χ1v) is 6.98. The van der Waals surface area contributed by atoms with E-state index in [1.807, 2.05) is 6.07 Å². The average molecular weight is 296 g/mol. The summed E-state index contributed by atoms with van der Waals surface area (Å²) in [7, 11) is 0. The predicted molar refractivity (Wildman–Crippen MR) is 78.1 cm³/mol. The molecule has 0 spiro atoms. The van der Waals surface area contributed by atoms with Crippen molar-refractivity contribution in [3.05, 3.63) is 59.3 Å². The van der Waals surface area contributed by atoms with E-state index in [0.717, 1.165) is 10.4 Å². The Morgan fingerprint density at radius 2 is 2.00 bits per heavy atom. The van der Waals surface area contributed by atoms with E-state index >= 15 is 0 Å². The Balaban J connectivity index is 1.96. The first kappa shape index (κ1) is 12.0. The van der Waals surface area contributed by atoms with Crippen molar-refractivity contribution >= 4 is 16.3 Å². The van der Waals surface area contributed by atoms with Gasteiger partial charge in [0.25, 0.3) is 5.56 Å². The van der Waals surface area contributed by atoms with E-state index in [1.54, 1.807) is 36.9 Å². The topological polar surface area (TPSA) is 73.3 Å². The summed E-state index contributed by atoms with van der Waals surface area (Å²) in [6, 6.07) is 8.71. The zero-order valence-corrected chi connectivity index (χ0v) is 11.4. The van der Waals surface area contributed by atoms with Crippen LogP contribution in [-0.2, 0) is 0 Å². The number of furan rings is 1. The van der Waals surface area contributed by atoms with Crippen LogP contribution in [0.15, 0.2) is 58.2 Å². The van der Waals surface area contributed by atoms with E-state index < -0.39 is 0 Å². The second-order valence-corrected chi connectivity index (χ2v) is 5.31. The molecule has 0 radical (unpaired) electrons. The molecule has 0 atom stereocenters. The zero-order valence-electron chi connectivity index (χ0n) is 10.6. The fourth-order valence-corrected chi connectivity index (χ4v) is 2.99. The Labute approximate surface area is 122 Å². The van der Waals surface area contributed by atoms with Crippen molar-refractivity contribution in [1.29, 1.82) is 0 Å². The zero-order chi connectivity index (χ0) is 14.2. The highest BCUT2D eigenvalue weighted by Gasteiger charge is 2.14. The molecule has 0 aliphatic heterocycles. The third kappa shape index (κ3) is 1.95. The number of rotatable bonds is 2. The number of pyridine rings is 1. The lowest BCUT2D eigenvalue weighted by molar-refractivity contribution is 0.583. The number of hydrogen-bond donors (Lipinski definition) is 0. The molecule has 0 fully saturated rings. The van der Waals surface area contributed by atoms with Crippen molar-refractivity contribution in [2.45, 2.75) is 0 Å². The van der Waals surface area contributed by atoms with Gasteiger partial charge in [-0.3, -0.25) is 9.78 Å². The molecule has 0 N–H and O–H groups in total. The fourth-order valence-electron chi connectivity index (χ4n) is 2.07. The molecule has 4 aromatic rings. The molecular weight excluding hydrogens is 288 g/mol. The van der Waals surface area contributed by atoms with E-state index in [-0.39, 0.29) is 5.56 Å². The minimum atomic E-state index is -0.188. The maximum atomic E-state index is 12.4. The number of nitrogens with zero attached hydrogens (tertiary/aromatic N) is 4. The van der Waals surface area contributed by atoms with Gasteiger partial charge in [0, 0.05) is 24.0 Å². The quantitative estimate of drug-likeness (QED) is 0.568. The summed E-state index contributed by atoms with van der Waals surface area (Å²) in [5.41, 5.74) is 0.611. The van der Waals surface area contributed by atoms with Gasteiger partial charge >= 0.3 is 0 Å². The summed E-state index contributed by atoms with van der Waals surface area (Å²) in [5.74, 6) is 1.16. The lowest BCUT2D eigenvalue weighted by Gasteiger charge is -1.99. The maximum Gasteiger partial charge on any atom is 0.260 e. The van der Waals surface area contributed by atoms with Crippen molar-refractivity contribution in [2.75, 3.05) is 0 Å². The van der Waals surface area contributed by atoms with Gasteiger partial charge in [-0.1, -0.05) is 11.3 Å². The molecule has 6 nitrogen and oxygen atoms in total. The summed E-state index contributed by atoms with van der Waals surface area (Å²) in [6.45, 7) is 0. The second kappa shape index (κ2) is 4.64. The van der Waals surface area contributed by atoms with Crippen molar-refractivity contribution < 1.29 is 4.42 Å². The van der Waals surface area contributed by atoms with Crippen molar-refractivity contribution in [3.8, 4) is 22.0 Å². The molecule has 7 heteroatoms. The molecule has 0 bridgehead atoms. The third-order valence-corrected chi connectivity index (χ3v) is 4.00. The summed E-state index contributed by atoms with van der Waals surface area (Å²) < 4.78 is 6.81. The lowest BCUT2D eigenvalue weighted by atomic mass is 10.2. The standard InChI is InChI=1S/C14H8N4O2S/c19-12-8-11(10-2-1-7-20-10)21-14-17-16-13(18(12)14)9-3-5-15-6-4-9/h1-8H. The van der Waals surface area contributed by atoms with Crippen LogP contribution in [0.1, 0.15) is 0 Å². The van der Waals surface area contributed by atoms with Gasteiger partial charge in [-0.2, -0.15) is 0 Å². The van der Waals surface area contributed by atoms with Crippen LogP contribution in [0.4, 0.5) is 0 Å². The minimum absolute atomic E-state index is 0.188. The molecule has 0 aromatic carbocycles. The Morgan fingerprint density at radius 1 is 1.14 bits per heavy atom. The molecule has 4 aromatic heterocycles. The van der Waals surface area contributed by atoms with Crippen LogP contribution < -0.4 is 5.56 Å². The Morgan fingerprint density at radius 3 is 2.76 bits per heavy atom. The van der Waals surface area contributed by atoms with Crippen molar-refractivity contribution in [2.24, 2.45) is 0 Å². The Kier molecular flexibility index (Phi) is 2.65. The normalized spacial score (nSPS) is 11.0. The van der Waals surface area contributed by atoms with Gasteiger partial charge in [0.05, 0.1) is 11.1 Å². The number of fused-ring (bicyclic) bond motifs is 1. The van der Waals surface area contributed by atoms with Crippen LogP contribution in [0.2, 0.25) is 0 Å². The van der Waals surface area contributed by atoms with E-state index in [4.69, 9.17) is 4.42 Å². The molecule has 4 rings (SSSR count). The molecule has 0 amide bonds. The van der Waals surface area contributed by atoms with Crippen LogP contribution in [0.25, 0.3) is 27.0 Å².